The number of hydrogen-bond acceptors (Lipinski definition) is 5. The highest BCUT2D eigenvalue weighted by atomic mass is 35.5. The molecule has 0 saturated heterocycles. The van der Waals surface area contributed by atoms with Crippen LogP contribution in [0.1, 0.15) is 11.1 Å². The van der Waals surface area contributed by atoms with E-state index in [1.807, 2.05) is 42.5 Å². The van der Waals surface area contributed by atoms with Crippen LogP contribution in [0.5, 0.6) is 11.5 Å². The minimum atomic E-state index is 0.538. The average molecular weight is 486 g/mol. The molecule has 164 valence electrons. The van der Waals surface area contributed by atoms with E-state index in [-0.39, 0.29) is 0 Å². The Hall–Kier alpha value is -2.67. The van der Waals surface area contributed by atoms with Gasteiger partial charge in [-0.3, -0.25) is 4.57 Å². The van der Waals surface area contributed by atoms with E-state index < -0.39 is 0 Å². The highest BCUT2D eigenvalue weighted by Crippen LogP contribution is 2.35. The molecule has 1 heterocycles. The van der Waals surface area contributed by atoms with E-state index in [2.05, 4.69) is 33.8 Å². The van der Waals surface area contributed by atoms with Crippen LogP contribution in [0, 0.1) is 6.92 Å². The normalized spacial score (nSPS) is 10.9. The fourth-order valence-electron chi connectivity index (χ4n) is 3.33. The predicted molar refractivity (Wildman–Crippen MR) is 131 cm³/mol. The zero-order chi connectivity index (χ0) is 22.7. The second-order valence-corrected chi connectivity index (χ2v) is 8.79. The molecule has 0 aliphatic carbocycles. The van der Waals surface area contributed by atoms with Crippen molar-refractivity contribution in [2.75, 3.05) is 14.2 Å². The van der Waals surface area contributed by atoms with Gasteiger partial charge in [0.15, 0.2) is 22.5 Å². The topological polar surface area (TPSA) is 49.2 Å². The first kappa shape index (κ1) is 22.5. The van der Waals surface area contributed by atoms with Gasteiger partial charge in [-0.25, -0.2) is 0 Å². The minimum absolute atomic E-state index is 0.538. The van der Waals surface area contributed by atoms with Gasteiger partial charge in [0.1, 0.15) is 0 Å². The van der Waals surface area contributed by atoms with E-state index in [9.17, 15) is 0 Å². The van der Waals surface area contributed by atoms with Crippen LogP contribution >= 0.6 is 35.0 Å². The Morgan fingerprint density at radius 3 is 2.38 bits per heavy atom. The number of ether oxygens (including phenoxy) is 2. The second kappa shape index (κ2) is 9.86. The molecule has 0 aliphatic rings. The average Bonchev–Trinajstić information content (AvgIpc) is 3.23. The van der Waals surface area contributed by atoms with Gasteiger partial charge in [0.2, 0.25) is 0 Å². The van der Waals surface area contributed by atoms with Gasteiger partial charge in [-0.05, 0) is 54.4 Å². The van der Waals surface area contributed by atoms with Crippen molar-refractivity contribution in [1.82, 2.24) is 14.8 Å². The standard InChI is InChI=1S/C24H21Cl2N3O2S/c1-15-6-4-5-7-20(15)29-23(17-9-11-21(30-2)22(13-17)31-3)27-28-24(29)32-14-16-8-10-18(25)19(26)12-16/h4-13H,14H2,1-3H3. The number of benzene rings is 3. The van der Waals surface area contributed by atoms with E-state index in [4.69, 9.17) is 32.7 Å². The molecule has 8 heteroatoms. The number of nitrogens with zero attached hydrogens (tertiary/aromatic N) is 3. The molecule has 0 spiro atoms. The third-order valence-corrected chi connectivity index (χ3v) is 6.72. The monoisotopic (exact) mass is 485 g/mol. The molecule has 0 unspecified atom stereocenters. The van der Waals surface area contributed by atoms with Crippen molar-refractivity contribution in [2.24, 2.45) is 0 Å². The molecule has 1 aromatic heterocycles. The van der Waals surface area contributed by atoms with Gasteiger partial charge in [-0.15, -0.1) is 10.2 Å². The molecule has 0 aliphatic heterocycles. The number of thioether (sulfide) groups is 1. The molecule has 32 heavy (non-hydrogen) atoms. The van der Waals surface area contributed by atoms with Crippen molar-refractivity contribution in [2.45, 2.75) is 17.8 Å². The van der Waals surface area contributed by atoms with E-state index in [1.54, 1.807) is 32.0 Å². The van der Waals surface area contributed by atoms with Crippen LogP contribution in [0.15, 0.2) is 65.8 Å². The first-order valence-electron chi connectivity index (χ1n) is 9.82. The molecule has 5 nitrogen and oxygen atoms in total. The van der Waals surface area contributed by atoms with Crippen molar-refractivity contribution in [3.8, 4) is 28.6 Å². The Balaban J connectivity index is 1.77. The Kier molecular flexibility index (Phi) is 6.94. The molecule has 4 aromatic rings. The molecule has 0 fully saturated rings. The van der Waals surface area contributed by atoms with Crippen molar-refractivity contribution >= 4 is 35.0 Å². The summed E-state index contributed by atoms with van der Waals surface area (Å²) in [6, 6.07) is 19.5. The van der Waals surface area contributed by atoms with Gasteiger partial charge in [0, 0.05) is 11.3 Å². The van der Waals surface area contributed by atoms with Crippen molar-refractivity contribution in [3.63, 3.8) is 0 Å². The molecular weight excluding hydrogens is 465 g/mol. The maximum absolute atomic E-state index is 6.18. The summed E-state index contributed by atoms with van der Waals surface area (Å²) in [6.07, 6.45) is 0. The first-order valence-corrected chi connectivity index (χ1v) is 11.6. The molecule has 0 radical (unpaired) electrons. The quantitative estimate of drug-likeness (QED) is 0.267. The highest BCUT2D eigenvalue weighted by Gasteiger charge is 2.19. The number of methoxy groups -OCH3 is 2. The lowest BCUT2D eigenvalue weighted by Gasteiger charge is -2.14. The van der Waals surface area contributed by atoms with Crippen LogP contribution in [0.4, 0.5) is 0 Å². The minimum Gasteiger partial charge on any atom is -0.493 e. The van der Waals surface area contributed by atoms with Crippen LogP contribution in [-0.2, 0) is 5.75 Å². The Morgan fingerprint density at radius 2 is 1.66 bits per heavy atom. The number of hydrogen-bond donors (Lipinski definition) is 0. The molecule has 4 rings (SSSR count). The first-order chi connectivity index (χ1) is 15.5. The van der Waals surface area contributed by atoms with Crippen molar-refractivity contribution in [1.29, 1.82) is 0 Å². The fourth-order valence-corrected chi connectivity index (χ4v) is 4.54. The van der Waals surface area contributed by atoms with Gasteiger partial charge < -0.3 is 9.47 Å². The van der Waals surface area contributed by atoms with Gasteiger partial charge in [-0.2, -0.15) is 0 Å². The molecule has 0 N–H and O–H groups in total. The summed E-state index contributed by atoms with van der Waals surface area (Å²) in [4.78, 5) is 0. The van der Waals surface area contributed by atoms with Crippen LogP contribution in [0.25, 0.3) is 17.1 Å². The predicted octanol–water partition coefficient (Wildman–Crippen LogP) is 6.86. The third-order valence-electron chi connectivity index (χ3n) is 4.98. The maximum Gasteiger partial charge on any atom is 0.196 e. The van der Waals surface area contributed by atoms with E-state index in [0.29, 0.717) is 27.3 Å². The Labute approximate surface area is 201 Å². The van der Waals surface area contributed by atoms with E-state index in [1.165, 1.54) is 0 Å². The van der Waals surface area contributed by atoms with Crippen LogP contribution in [0.2, 0.25) is 10.0 Å². The van der Waals surface area contributed by atoms with Gasteiger partial charge >= 0.3 is 0 Å². The smallest absolute Gasteiger partial charge is 0.196 e. The lowest BCUT2D eigenvalue weighted by atomic mass is 10.1. The number of halogens is 2. The van der Waals surface area contributed by atoms with Crippen LogP contribution < -0.4 is 9.47 Å². The molecule has 0 amide bonds. The highest BCUT2D eigenvalue weighted by molar-refractivity contribution is 7.98. The molecule has 0 bridgehead atoms. The zero-order valence-corrected chi connectivity index (χ0v) is 20.1. The summed E-state index contributed by atoms with van der Waals surface area (Å²) < 4.78 is 12.9. The van der Waals surface area contributed by atoms with E-state index in [0.717, 1.165) is 33.4 Å². The van der Waals surface area contributed by atoms with Gasteiger partial charge in [-0.1, -0.05) is 59.2 Å². The third kappa shape index (κ3) is 4.58. The summed E-state index contributed by atoms with van der Waals surface area (Å²) in [5, 5.41) is 10.9. The van der Waals surface area contributed by atoms with Crippen molar-refractivity contribution in [3.05, 3.63) is 81.8 Å². The lowest BCUT2D eigenvalue weighted by molar-refractivity contribution is 0.355. The van der Waals surface area contributed by atoms with Crippen molar-refractivity contribution < 1.29 is 9.47 Å². The number of para-hydroxylation sites is 1. The van der Waals surface area contributed by atoms with E-state index >= 15 is 0 Å². The summed E-state index contributed by atoms with van der Waals surface area (Å²) in [5.74, 6) is 2.69. The zero-order valence-electron chi connectivity index (χ0n) is 17.8. The molecule has 0 atom stereocenters. The lowest BCUT2D eigenvalue weighted by Crippen LogP contribution is -2.02. The molecule has 0 saturated carbocycles. The molecular formula is C24H21Cl2N3O2S. The number of aryl methyl sites for hydroxylation is 1. The fraction of sp³-hybridized carbons (Fsp3) is 0.167. The Bertz CT molecular complexity index is 1260. The summed E-state index contributed by atoms with van der Waals surface area (Å²) in [7, 11) is 3.23. The summed E-state index contributed by atoms with van der Waals surface area (Å²) in [5.41, 5.74) is 4.06. The summed E-state index contributed by atoms with van der Waals surface area (Å²) >= 11 is 13.8. The number of aromatic nitrogens is 3. The largest absolute Gasteiger partial charge is 0.493 e. The van der Waals surface area contributed by atoms with Crippen LogP contribution in [0.3, 0.4) is 0 Å². The van der Waals surface area contributed by atoms with Crippen LogP contribution in [-0.4, -0.2) is 29.0 Å². The second-order valence-electron chi connectivity index (χ2n) is 7.03. The number of rotatable bonds is 7. The summed E-state index contributed by atoms with van der Waals surface area (Å²) in [6.45, 7) is 2.07. The van der Waals surface area contributed by atoms with Gasteiger partial charge in [0.25, 0.3) is 0 Å². The van der Waals surface area contributed by atoms with Gasteiger partial charge in [0.05, 0.1) is 30.0 Å². The SMILES string of the molecule is COc1ccc(-c2nnc(SCc3ccc(Cl)c(Cl)c3)n2-c2ccccc2C)cc1OC. The molecule has 3 aromatic carbocycles. The Morgan fingerprint density at radius 1 is 0.875 bits per heavy atom. The maximum atomic E-state index is 6.18.